The predicted molar refractivity (Wildman–Crippen MR) is 63.8 cm³/mol. The third-order valence-electron chi connectivity index (χ3n) is 3.92. The third-order valence-corrected chi connectivity index (χ3v) is 3.92. The number of rotatable bonds is 2. The van der Waals surface area contributed by atoms with Crippen LogP contribution in [0.2, 0.25) is 0 Å². The van der Waals surface area contributed by atoms with Crippen LogP contribution in [0.3, 0.4) is 0 Å². The van der Waals surface area contributed by atoms with E-state index in [9.17, 15) is 0 Å². The molecule has 2 rings (SSSR count). The summed E-state index contributed by atoms with van der Waals surface area (Å²) < 4.78 is 5.74. The molecule has 1 saturated heterocycles. The lowest BCUT2D eigenvalue weighted by Gasteiger charge is -2.41. The van der Waals surface area contributed by atoms with Crippen molar-refractivity contribution in [1.29, 1.82) is 0 Å². The number of epoxide rings is 1. The fourth-order valence-electron chi connectivity index (χ4n) is 2.98. The van der Waals surface area contributed by atoms with E-state index in [1.165, 1.54) is 19.3 Å². The summed E-state index contributed by atoms with van der Waals surface area (Å²) in [5, 5.41) is 0. The molecule has 2 aliphatic rings. The Balaban J connectivity index is 2.19. The Bertz CT molecular complexity index is 288. The maximum Gasteiger partial charge on any atom is 0.0983 e. The molecule has 1 heteroatoms. The van der Waals surface area contributed by atoms with Crippen molar-refractivity contribution in [2.45, 2.75) is 45.6 Å². The van der Waals surface area contributed by atoms with Gasteiger partial charge in [-0.2, -0.15) is 0 Å². The molecule has 0 aromatic heterocycles. The van der Waals surface area contributed by atoms with Gasteiger partial charge in [0.1, 0.15) is 0 Å². The van der Waals surface area contributed by atoms with Crippen molar-refractivity contribution in [3.05, 3.63) is 24.3 Å². The second-order valence-corrected chi connectivity index (χ2v) is 5.88. The summed E-state index contributed by atoms with van der Waals surface area (Å²) in [6.45, 7) is 11.7. The minimum Gasteiger partial charge on any atom is -0.369 e. The first-order valence-electron chi connectivity index (χ1n) is 5.94. The van der Waals surface area contributed by atoms with Gasteiger partial charge < -0.3 is 4.74 Å². The molecule has 1 heterocycles. The highest BCUT2D eigenvalue weighted by Gasteiger charge is 2.57. The van der Waals surface area contributed by atoms with Crippen molar-refractivity contribution in [2.75, 3.05) is 6.61 Å². The Hall–Kier alpha value is -0.560. The van der Waals surface area contributed by atoms with E-state index in [1.54, 1.807) is 0 Å². The van der Waals surface area contributed by atoms with Gasteiger partial charge in [-0.15, -0.1) is 0 Å². The summed E-state index contributed by atoms with van der Waals surface area (Å²) in [4.78, 5) is 0. The van der Waals surface area contributed by atoms with Crippen LogP contribution >= 0.6 is 0 Å². The fourth-order valence-corrected chi connectivity index (χ4v) is 2.98. The molecule has 2 fully saturated rings. The van der Waals surface area contributed by atoms with Crippen LogP contribution < -0.4 is 0 Å². The van der Waals surface area contributed by atoms with E-state index >= 15 is 0 Å². The van der Waals surface area contributed by atoms with Gasteiger partial charge >= 0.3 is 0 Å². The van der Waals surface area contributed by atoms with E-state index in [-0.39, 0.29) is 5.60 Å². The van der Waals surface area contributed by atoms with E-state index in [0.717, 1.165) is 12.2 Å². The number of hydrogen-bond donors (Lipinski definition) is 0. The zero-order valence-corrected chi connectivity index (χ0v) is 10.2. The molecule has 0 bridgehead atoms. The molecule has 15 heavy (non-hydrogen) atoms. The van der Waals surface area contributed by atoms with Crippen molar-refractivity contribution in [1.82, 2.24) is 0 Å². The van der Waals surface area contributed by atoms with Gasteiger partial charge in [-0.1, -0.05) is 38.2 Å². The molecule has 84 valence electrons. The Kier molecular flexibility index (Phi) is 2.54. The minimum atomic E-state index is 0.188. The zero-order chi connectivity index (χ0) is 11.1. The van der Waals surface area contributed by atoms with Gasteiger partial charge in [-0.05, 0) is 31.6 Å². The molecule has 1 saturated carbocycles. The lowest BCUT2D eigenvalue weighted by atomic mass is 9.63. The Morgan fingerprint density at radius 3 is 2.60 bits per heavy atom. The van der Waals surface area contributed by atoms with E-state index < -0.39 is 0 Å². The van der Waals surface area contributed by atoms with Gasteiger partial charge in [-0.25, -0.2) is 0 Å². The standard InChI is InChI=1S/C14H22O/c1-11(2)6-7-12-13(3,4)8-5-9-14(12)10-15-14/h6-7,12H,1,5,8-10H2,2-4H3/b7-6+. The van der Waals surface area contributed by atoms with Crippen molar-refractivity contribution in [3.63, 3.8) is 0 Å². The molecular weight excluding hydrogens is 184 g/mol. The molecule has 0 amide bonds. The summed E-state index contributed by atoms with van der Waals surface area (Å²) in [6, 6.07) is 0. The lowest BCUT2D eigenvalue weighted by molar-refractivity contribution is 0.0761. The SMILES string of the molecule is C=C(C)/C=C/C1C(C)(C)CCCC12CO2. The molecule has 0 N–H and O–H groups in total. The number of ether oxygens (including phenoxy) is 1. The average Bonchev–Trinajstić information content (AvgIpc) is 2.83. The van der Waals surface area contributed by atoms with E-state index in [0.29, 0.717) is 11.3 Å². The Morgan fingerprint density at radius 1 is 1.40 bits per heavy atom. The van der Waals surface area contributed by atoms with Gasteiger partial charge in [0.25, 0.3) is 0 Å². The maximum absolute atomic E-state index is 5.74. The quantitative estimate of drug-likeness (QED) is 0.495. The lowest BCUT2D eigenvalue weighted by Crippen LogP contribution is -2.39. The minimum absolute atomic E-state index is 0.188. The normalized spacial score (nSPS) is 38.5. The average molecular weight is 206 g/mol. The van der Waals surface area contributed by atoms with Crippen LogP contribution in [0.4, 0.5) is 0 Å². The molecule has 1 aliphatic heterocycles. The molecular formula is C14H22O. The molecule has 0 radical (unpaired) electrons. The van der Waals surface area contributed by atoms with E-state index in [2.05, 4.69) is 32.6 Å². The fraction of sp³-hybridized carbons (Fsp3) is 0.714. The van der Waals surface area contributed by atoms with Crippen LogP contribution in [-0.4, -0.2) is 12.2 Å². The van der Waals surface area contributed by atoms with Crippen LogP contribution in [0.5, 0.6) is 0 Å². The second-order valence-electron chi connectivity index (χ2n) is 5.88. The molecule has 0 aromatic carbocycles. The van der Waals surface area contributed by atoms with Crippen LogP contribution in [0.25, 0.3) is 0 Å². The summed E-state index contributed by atoms with van der Waals surface area (Å²) in [6.07, 6.45) is 8.34. The van der Waals surface area contributed by atoms with Crippen LogP contribution in [0.1, 0.15) is 40.0 Å². The molecule has 1 spiro atoms. The zero-order valence-electron chi connectivity index (χ0n) is 10.2. The Morgan fingerprint density at radius 2 is 2.07 bits per heavy atom. The van der Waals surface area contributed by atoms with Gasteiger partial charge in [0.15, 0.2) is 0 Å². The van der Waals surface area contributed by atoms with Crippen molar-refractivity contribution in [3.8, 4) is 0 Å². The van der Waals surface area contributed by atoms with Crippen molar-refractivity contribution >= 4 is 0 Å². The predicted octanol–water partition coefficient (Wildman–Crippen LogP) is 3.71. The summed E-state index contributed by atoms with van der Waals surface area (Å²) in [5.74, 6) is 0.565. The molecule has 2 unspecified atom stereocenters. The van der Waals surface area contributed by atoms with Gasteiger partial charge in [-0.3, -0.25) is 0 Å². The largest absolute Gasteiger partial charge is 0.369 e. The van der Waals surface area contributed by atoms with Crippen molar-refractivity contribution < 1.29 is 4.74 Å². The summed E-state index contributed by atoms with van der Waals surface area (Å²) in [7, 11) is 0. The Labute approximate surface area is 93.2 Å². The van der Waals surface area contributed by atoms with E-state index in [4.69, 9.17) is 4.74 Å². The first kappa shape index (κ1) is 10.9. The van der Waals surface area contributed by atoms with Gasteiger partial charge in [0, 0.05) is 5.92 Å². The first-order valence-corrected chi connectivity index (χ1v) is 5.94. The highest BCUT2D eigenvalue weighted by molar-refractivity contribution is 5.19. The third kappa shape index (κ3) is 2.03. The number of hydrogen-bond acceptors (Lipinski definition) is 1. The topological polar surface area (TPSA) is 12.5 Å². The highest BCUT2D eigenvalue weighted by atomic mass is 16.6. The summed E-state index contributed by atoms with van der Waals surface area (Å²) >= 11 is 0. The maximum atomic E-state index is 5.74. The van der Waals surface area contributed by atoms with Crippen LogP contribution in [0, 0.1) is 11.3 Å². The number of allylic oxidation sites excluding steroid dienone is 2. The molecule has 2 atom stereocenters. The smallest absolute Gasteiger partial charge is 0.0983 e. The van der Waals surface area contributed by atoms with Crippen molar-refractivity contribution in [2.24, 2.45) is 11.3 Å². The highest BCUT2D eigenvalue weighted by Crippen LogP contribution is 2.54. The van der Waals surface area contributed by atoms with E-state index in [1.807, 2.05) is 6.92 Å². The first-order chi connectivity index (χ1) is 6.96. The monoisotopic (exact) mass is 206 g/mol. The second kappa shape index (κ2) is 3.48. The molecule has 1 aliphatic carbocycles. The molecule has 0 aromatic rings. The summed E-state index contributed by atoms with van der Waals surface area (Å²) in [5.41, 5.74) is 1.70. The van der Waals surface area contributed by atoms with Gasteiger partial charge in [0.2, 0.25) is 0 Å². The van der Waals surface area contributed by atoms with Gasteiger partial charge in [0.05, 0.1) is 12.2 Å². The van der Waals surface area contributed by atoms with Crippen LogP contribution in [0.15, 0.2) is 24.3 Å². The molecule has 1 nitrogen and oxygen atoms in total. The van der Waals surface area contributed by atoms with Crippen LogP contribution in [-0.2, 0) is 4.74 Å².